The summed E-state index contributed by atoms with van der Waals surface area (Å²) in [7, 11) is 1.88. The first-order chi connectivity index (χ1) is 12.3. The number of piperazine rings is 1. The molecule has 0 spiro atoms. The molecule has 0 radical (unpaired) electrons. The van der Waals surface area contributed by atoms with Crippen LogP contribution in [0.1, 0.15) is 23.6 Å². The minimum Gasteiger partial charge on any atom is -0.340 e. The average Bonchev–Trinajstić information content (AvgIpc) is 2.68. The third kappa shape index (κ3) is 6.22. The van der Waals surface area contributed by atoms with Gasteiger partial charge in [-0.3, -0.25) is 9.69 Å². The highest BCUT2D eigenvalue weighted by Gasteiger charge is 2.27. The molecule has 3 rings (SSSR count). The number of halogens is 2. The number of benzene rings is 2. The van der Waals surface area contributed by atoms with Gasteiger partial charge in [-0.1, -0.05) is 60.7 Å². The van der Waals surface area contributed by atoms with Gasteiger partial charge in [-0.15, -0.1) is 24.8 Å². The summed E-state index contributed by atoms with van der Waals surface area (Å²) >= 11 is 0. The number of carbonyl (C=O) groups excluding carboxylic acids is 1. The highest BCUT2D eigenvalue weighted by atomic mass is 35.5. The Kier molecular flexibility index (Phi) is 10.4. The van der Waals surface area contributed by atoms with Gasteiger partial charge in [0.15, 0.2) is 0 Å². The van der Waals surface area contributed by atoms with Crippen LogP contribution in [0.4, 0.5) is 0 Å². The molecule has 0 aliphatic carbocycles. The number of hydrogen-bond acceptors (Lipinski definition) is 3. The van der Waals surface area contributed by atoms with Gasteiger partial charge < -0.3 is 10.2 Å². The van der Waals surface area contributed by atoms with Crippen molar-refractivity contribution in [3.63, 3.8) is 0 Å². The molecule has 0 aromatic heterocycles. The van der Waals surface area contributed by atoms with E-state index in [1.54, 1.807) is 0 Å². The summed E-state index contributed by atoms with van der Waals surface area (Å²) in [5.41, 5.74) is 2.62. The van der Waals surface area contributed by atoms with E-state index in [1.807, 2.05) is 11.9 Å². The summed E-state index contributed by atoms with van der Waals surface area (Å²) in [6.45, 7) is 4.16. The highest BCUT2D eigenvalue weighted by molar-refractivity contribution is 5.85. The first kappa shape index (κ1) is 23.4. The van der Waals surface area contributed by atoms with Crippen molar-refractivity contribution in [1.82, 2.24) is 15.1 Å². The highest BCUT2D eigenvalue weighted by Crippen LogP contribution is 2.29. The van der Waals surface area contributed by atoms with Crippen LogP contribution in [0, 0.1) is 0 Å². The molecule has 4 nitrogen and oxygen atoms in total. The molecule has 2 aromatic carbocycles. The van der Waals surface area contributed by atoms with Crippen molar-refractivity contribution in [2.45, 2.75) is 12.5 Å². The predicted octanol–water partition coefficient (Wildman–Crippen LogP) is 3.37. The van der Waals surface area contributed by atoms with Crippen molar-refractivity contribution >= 4 is 30.7 Å². The Hall–Kier alpha value is -1.59. The van der Waals surface area contributed by atoms with Crippen LogP contribution in [0.25, 0.3) is 0 Å². The van der Waals surface area contributed by atoms with Crippen LogP contribution >= 0.6 is 24.8 Å². The van der Waals surface area contributed by atoms with Gasteiger partial charge in [0, 0.05) is 39.1 Å². The summed E-state index contributed by atoms with van der Waals surface area (Å²) in [6, 6.07) is 21.6. The van der Waals surface area contributed by atoms with Crippen LogP contribution in [0.2, 0.25) is 0 Å². The number of carbonyl (C=O) groups is 1. The van der Waals surface area contributed by atoms with Crippen molar-refractivity contribution < 1.29 is 4.79 Å². The van der Waals surface area contributed by atoms with E-state index in [0.717, 1.165) is 32.7 Å². The van der Waals surface area contributed by atoms with Crippen LogP contribution in [-0.4, -0.2) is 55.5 Å². The third-order valence-corrected chi connectivity index (χ3v) is 4.85. The van der Waals surface area contributed by atoms with E-state index in [4.69, 9.17) is 0 Å². The van der Waals surface area contributed by atoms with Gasteiger partial charge in [0.05, 0.1) is 6.04 Å². The Balaban J connectivity index is 0.00000182. The molecule has 0 atom stereocenters. The monoisotopic (exact) mass is 409 g/mol. The second-order valence-electron chi connectivity index (χ2n) is 6.49. The van der Waals surface area contributed by atoms with Gasteiger partial charge in [0.2, 0.25) is 5.91 Å². The summed E-state index contributed by atoms with van der Waals surface area (Å²) in [5.74, 6) is 0.255. The molecule has 1 saturated heterocycles. The summed E-state index contributed by atoms with van der Waals surface area (Å²) < 4.78 is 0. The molecule has 0 saturated carbocycles. The smallest absolute Gasteiger partial charge is 0.223 e. The summed E-state index contributed by atoms with van der Waals surface area (Å²) in [4.78, 5) is 16.7. The van der Waals surface area contributed by atoms with E-state index in [0.29, 0.717) is 6.42 Å². The SMILES string of the molecule is CNCCC(=O)N1CCN(C(c2ccccc2)c2ccccc2)CC1.Cl.Cl. The second-order valence-corrected chi connectivity index (χ2v) is 6.49. The van der Waals surface area contributed by atoms with E-state index in [9.17, 15) is 4.79 Å². The van der Waals surface area contributed by atoms with Crippen molar-refractivity contribution in [3.8, 4) is 0 Å². The molecular weight excluding hydrogens is 381 g/mol. The fourth-order valence-electron chi connectivity index (χ4n) is 3.50. The van der Waals surface area contributed by atoms with E-state index in [2.05, 4.69) is 70.9 Å². The maximum Gasteiger partial charge on any atom is 0.223 e. The first-order valence-electron chi connectivity index (χ1n) is 9.06. The molecule has 2 aromatic rings. The van der Waals surface area contributed by atoms with Gasteiger partial charge in [0.1, 0.15) is 0 Å². The second kappa shape index (κ2) is 12.0. The number of hydrogen-bond donors (Lipinski definition) is 1. The van der Waals surface area contributed by atoms with Crippen LogP contribution in [0.3, 0.4) is 0 Å². The van der Waals surface area contributed by atoms with E-state index in [-0.39, 0.29) is 36.8 Å². The molecule has 1 N–H and O–H groups in total. The first-order valence-corrected chi connectivity index (χ1v) is 9.06. The predicted molar refractivity (Wildman–Crippen MR) is 116 cm³/mol. The maximum absolute atomic E-state index is 12.2. The molecule has 1 amide bonds. The zero-order chi connectivity index (χ0) is 17.5. The Morgan fingerprint density at radius 2 is 1.37 bits per heavy atom. The van der Waals surface area contributed by atoms with Crippen LogP contribution in [0.5, 0.6) is 0 Å². The summed E-state index contributed by atoms with van der Waals surface area (Å²) in [6.07, 6.45) is 0.581. The lowest BCUT2D eigenvalue weighted by Crippen LogP contribution is -2.50. The topological polar surface area (TPSA) is 35.6 Å². The largest absolute Gasteiger partial charge is 0.340 e. The minimum atomic E-state index is 0. The van der Waals surface area contributed by atoms with Crippen molar-refractivity contribution in [2.24, 2.45) is 0 Å². The number of rotatable bonds is 6. The van der Waals surface area contributed by atoms with E-state index < -0.39 is 0 Å². The van der Waals surface area contributed by atoms with Crippen LogP contribution in [0.15, 0.2) is 60.7 Å². The molecule has 1 heterocycles. The minimum absolute atomic E-state index is 0. The number of amides is 1. The lowest BCUT2D eigenvalue weighted by atomic mass is 9.96. The molecule has 6 heteroatoms. The van der Waals surface area contributed by atoms with Gasteiger partial charge in [-0.05, 0) is 18.2 Å². The summed E-state index contributed by atoms with van der Waals surface area (Å²) in [5, 5.41) is 3.05. The standard InChI is InChI=1S/C21H27N3O.2ClH/c1-22-13-12-20(25)23-14-16-24(17-15-23)21(18-8-4-2-5-9-18)19-10-6-3-7-11-19;;/h2-11,21-22H,12-17H2,1H3;2*1H. The van der Waals surface area contributed by atoms with E-state index in [1.165, 1.54) is 11.1 Å². The molecule has 27 heavy (non-hydrogen) atoms. The zero-order valence-corrected chi connectivity index (χ0v) is 17.3. The molecule has 0 bridgehead atoms. The van der Waals surface area contributed by atoms with Gasteiger partial charge >= 0.3 is 0 Å². The van der Waals surface area contributed by atoms with Gasteiger partial charge in [-0.25, -0.2) is 0 Å². The number of nitrogens with one attached hydrogen (secondary N) is 1. The van der Waals surface area contributed by atoms with Gasteiger partial charge in [-0.2, -0.15) is 0 Å². The Bertz CT molecular complexity index is 622. The van der Waals surface area contributed by atoms with Crippen LogP contribution in [-0.2, 0) is 4.79 Å². The maximum atomic E-state index is 12.2. The van der Waals surface area contributed by atoms with Gasteiger partial charge in [0.25, 0.3) is 0 Å². The fraction of sp³-hybridized carbons (Fsp3) is 0.381. The lowest BCUT2D eigenvalue weighted by Gasteiger charge is -2.39. The van der Waals surface area contributed by atoms with Crippen LogP contribution < -0.4 is 5.32 Å². The normalized spacial score (nSPS) is 14.4. The van der Waals surface area contributed by atoms with Crippen molar-refractivity contribution in [1.29, 1.82) is 0 Å². The average molecular weight is 410 g/mol. The molecular formula is C21H29Cl2N3O. The quantitative estimate of drug-likeness (QED) is 0.793. The number of nitrogens with zero attached hydrogens (tertiary/aromatic N) is 2. The zero-order valence-electron chi connectivity index (χ0n) is 15.7. The van der Waals surface area contributed by atoms with E-state index >= 15 is 0 Å². The molecule has 1 aliphatic heterocycles. The Morgan fingerprint density at radius 1 is 0.889 bits per heavy atom. The van der Waals surface area contributed by atoms with Crippen molar-refractivity contribution in [3.05, 3.63) is 71.8 Å². The molecule has 148 valence electrons. The molecule has 1 fully saturated rings. The fourth-order valence-corrected chi connectivity index (χ4v) is 3.50. The Labute approximate surface area is 174 Å². The molecule has 1 aliphatic rings. The van der Waals surface area contributed by atoms with Crippen molar-refractivity contribution in [2.75, 3.05) is 39.8 Å². The Morgan fingerprint density at radius 3 is 1.81 bits per heavy atom. The lowest BCUT2D eigenvalue weighted by molar-refractivity contribution is -0.133. The third-order valence-electron chi connectivity index (χ3n) is 4.85. The molecule has 0 unspecified atom stereocenters.